The Bertz CT molecular complexity index is 574. The van der Waals surface area contributed by atoms with Gasteiger partial charge in [0.05, 0.1) is 9.35 Å². The number of hydrogen-bond donors (Lipinski definition) is 0. The van der Waals surface area contributed by atoms with Gasteiger partial charge in [0.15, 0.2) is 0 Å². The standard InChI is InChI=1S/C14H15BrN2OS2/c15-13-7-12(10-20-13)14(18)17-4-2-16(3-5-17)8-11-1-6-19-9-11/h1,6-7,9-10H,2-5,8H2. The molecule has 1 amide bonds. The van der Waals surface area contributed by atoms with Gasteiger partial charge in [0.1, 0.15) is 0 Å². The molecule has 0 aliphatic carbocycles. The van der Waals surface area contributed by atoms with E-state index in [1.807, 2.05) is 16.3 Å². The number of nitrogens with zero attached hydrogens (tertiary/aromatic N) is 2. The zero-order chi connectivity index (χ0) is 13.9. The summed E-state index contributed by atoms with van der Waals surface area (Å²) in [4.78, 5) is 16.7. The summed E-state index contributed by atoms with van der Waals surface area (Å²) in [5.41, 5.74) is 2.17. The van der Waals surface area contributed by atoms with Crippen molar-refractivity contribution in [1.29, 1.82) is 0 Å². The minimum Gasteiger partial charge on any atom is -0.336 e. The molecule has 20 heavy (non-hydrogen) atoms. The third kappa shape index (κ3) is 3.31. The molecule has 1 fully saturated rings. The zero-order valence-corrected chi connectivity index (χ0v) is 14.1. The van der Waals surface area contributed by atoms with Gasteiger partial charge in [-0.15, -0.1) is 11.3 Å². The molecule has 0 N–H and O–H groups in total. The second-order valence-corrected chi connectivity index (χ2v) is 7.91. The van der Waals surface area contributed by atoms with Crippen LogP contribution in [0.25, 0.3) is 0 Å². The van der Waals surface area contributed by atoms with Gasteiger partial charge in [-0.25, -0.2) is 0 Å². The first-order valence-corrected chi connectivity index (χ1v) is 9.10. The Labute approximate surface area is 135 Å². The summed E-state index contributed by atoms with van der Waals surface area (Å²) in [5, 5.41) is 6.23. The molecule has 106 valence electrons. The van der Waals surface area contributed by atoms with Gasteiger partial charge in [-0.2, -0.15) is 11.3 Å². The van der Waals surface area contributed by atoms with Crippen molar-refractivity contribution in [3.05, 3.63) is 43.2 Å². The van der Waals surface area contributed by atoms with Crippen LogP contribution < -0.4 is 0 Å². The molecule has 0 unspecified atom stereocenters. The Hall–Kier alpha value is -0.690. The van der Waals surface area contributed by atoms with Gasteiger partial charge in [0.2, 0.25) is 0 Å². The average Bonchev–Trinajstić information content (AvgIpc) is 3.10. The molecule has 3 heterocycles. The number of thiophene rings is 2. The normalized spacial score (nSPS) is 16.6. The molecule has 0 spiro atoms. The lowest BCUT2D eigenvalue weighted by atomic mass is 10.2. The third-order valence-electron chi connectivity index (χ3n) is 3.46. The predicted octanol–water partition coefficient (Wildman–Crippen LogP) is 3.53. The number of rotatable bonds is 3. The van der Waals surface area contributed by atoms with Gasteiger partial charge in [-0.3, -0.25) is 9.69 Å². The van der Waals surface area contributed by atoms with Crippen LogP contribution >= 0.6 is 38.6 Å². The molecule has 1 aliphatic heterocycles. The summed E-state index contributed by atoms with van der Waals surface area (Å²) < 4.78 is 1.01. The smallest absolute Gasteiger partial charge is 0.254 e. The molecule has 0 radical (unpaired) electrons. The molecule has 2 aromatic heterocycles. The third-order valence-corrected chi connectivity index (χ3v) is 5.70. The van der Waals surface area contributed by atoms with Crippen molar-refractivity contribution in [2.45, 2.75) is 6.54 Å². The van der Waals surface area contributed by atoms with Gasteiger partial charge in [-0.05, 0) is 44.4 Å². The quantitative estimate of drug-likeness (QED) is 0.824. The van der Waals surface area contributed by atoms with E-state index in [0.29, 0.717) is 0 Å². The molecule has 0 bridgehead atoms. The van der Waals surface area contributed by atoms with Gasteiger partial charge in [0, 0.05) is 38.1 Å². The van der Waals surface area contributed by atoms with E-state index in [2.05, 4.69) is 37.7 Å². The van der Waals surface area contributed by atoms with E-state index in [1.54, 1.807) is 22.7 Å². The van der Waals surface area contributed by atoms with Gasteiger partial charge >= 0.3 is 0 Å². The highest BCUT2D eigenvalue weighted by molar-refractivity contribution is 9.11. The van der Waals surface area contributed by atoms with Crippen LogP contribution in [-0.4, -0.2) is 41.9 Å². The van der Waals surface area contributed by atoms with Crippen molar-refractivity contribution in [2.24, 2.45) is 0 Å². The van der Waals surface area contributed by atoms with E-state index in [0.717, 1.165) is 42.1 Å². The Morgan fingerprint density at radius 2 is 2.05 bits per heavy atom. The van der Waals surface area contributed by atoms with E-state index < -0.39 is 0 Å². The molecule has 2 aromatic rings. The lowest BCUT2D eigenvalue weighted by Gasteiger charge is -2.34. The molecule has 3 rings (SSSR count). The average molecular weight is 371 g/mol. The second-order valence-electron chi connectivity index (χ2n) is 4.84. The zero-order valence-electron chi connectivity index (χ0n) is 10.9. The maximum absolute atomic E-state index is 12.3. The highest BCUT2D eigenvalue weighted by Crippen LogP contribution is 2.22. The topological polar surface area (TPSA) is 23.6 Å². The first-order valence-electron chi connectivity index (χ1n) is 6.49. The SMILES string of the molecule is O=C(c1csc(Br)c1)N1CCN(Cc2ccsc2)CC1. The van der Waals surface area contributed by atoms with Crippen LogP contribution in [0.2, 0.25) is 0 Å². The largest absolute Gasteiger partial charge is 0.336 e. The Kier molecular flexibility index (Phi) is 4.55. The van der Waals surface area contributed by atoms with Crippen LogP contribution in [-0.2, 0) is 6.54 Å². The van der Waals surface area contributed by atoms with Crippen LogP contribution in [0, 0.1) is 0 Å². The Balaban J connectivity index is 1.54. The van der Waals surface area contributed by atoms with E-state index in [-0.39, 0.29) is 5.91 Å². The minimum absolute atomic E-state index is 0.155. The highest BCUT2D eigenvalue weighted by atomic mass is 79.9. The molecule has 1 saturated heterocycles. The lowest BCUT2D eigenvalue weighted by Crippen LogP contribution is -2.48. The lowest BCUT2D eigenvalue weighted by molar-refractivity contribution is 0.0629. The fourth-order valence-corrected chi connectivity index (χ4v) is 4.14. The summed E-state index contributed by atoms with van der Waals surface area (Å²) in [6.45, 7) is 4.53. The van der Waals surface area contributed by atoms with Crippen LogP contribution in [0.4, 0.5) is 0 Å². The van der Waals surface area contributed by atoms with Crippen LogP contribution in [0.3, 0.4) is 0 Å². The molecular formula is C14H15BrN2OS2. The van der Waals surface area contributed by atoms with Gasteiger partial charge in [-0.1, -0.05) is 0 Å². The maximum atomic E-state index is 12.3. The highest BCUT2D eigenvalue weighted by Gasteiger charge is 2.22. The molecule has 0 aromatic carbocycles. The molecule has 0 saturated carbocycles. The number of carbonyl (C=O) groups excluding carboxylic acids is 1. The van der Waals surface area contributed by atoms with Crippen molar-refractivity contribution in [1.82, 2.24) is 9.80 Å². The minimum atomic E-state index is 0.155. The van der Waals surface area contributed by atoms with Crippen LogP contribution in [0.1, 0.15) is 15.9 Å². The van der Waals surface area contributed by atoms with E-state index in [1.165, 1.54) is 5.56 Å². The number of amides is 1. The summed E-state index contributed by atoms with van der Waals surface area (Å²) in [7, 11) is 0. The number of hydrogen-bond acceptors (Lipinski definition) is 4. The number of piperazine rings is 1. The van der Waals surface area contributed by atoms with Crippen molar-refractivity contribution < 1.29 is 4.79 Å². The summed E-state index contributed by atoms with van der Waals surface area (Å²) >= 11 is 6.71. The van der Waals surface area contributed by atoms with E-state index in [9.17, 15) is 4.79 Å². The van der Waals surface area contributed by atoms with Crippen molar-refractivity contribution in [3.8, 4) is 0 Å². The fraction of sp³-hybridized carbons (Fsp3) is 0.357. The first kappa shape index (κ1) is 14.3. The van der Waals surface area contributed by atoms with Crippen LogP contribution in [0.5, 0.6) is 0 Å². The molecule has 0 atom stereocenters. The molecular weight excluding hydrogens is 356 g/mol. The van der Waals surface area contributed by atoms with Crippen molar-refractivity contribution in [3.63, 3.8) is 0 Å². The van der Waals surface area contributed by atoms with Crippen molar-refractivity contribution in [2.75, 3.05) is 26.2 Å². The van der Waals surface area contributed by atoms with Crippen molar-refractivity contribution >= 4 is 44.5 Å². The van der Waals surface area contributed by atoms with Gasteiger partial charge in [0.25, 0.3) is 5.91 Å². The summed E-state index contributed by atoms with van der Waals surface area (Å²) in [5.74, 6) is 0.155. The van der Waals surface area contributed by atoms with E-state index >= 15 is 0 Å². The van der Waals surface area contributed by atoms with Crippen LogP contribution in [0.15, 0.2) is 32.1 Å². The predicted molar refractivity (Wildman–Crippen MR) is 87.5 cm³/mol. The molecule has 1 aliphatic rings. The second kappa shape index (κ2) is 6.39. The Morgan fingerprint density at radius 3 is 2.65 bits per heavy atom. The molecule has 6 heteroatoms. The maximum Gasteiger partial charge on any atom is 0.254 e. The number of carbonyl (C=O) groups is 1. The molecule has 3 nitrogen and oxygen atoms in total. The number of halogens is 1. The van der Waals surface area contributed by atoms with E-state index in [4.69, 9.17) is 0 Å². The summed E-state index contributed by atoms with van der Waals surface area (Å²) in [6, 6.07) is 4.08. The fourth-order valence-electron chi connectivity index (χ4n) is 2.35. The monoisotopic (exact) mass is 370 g/mol. The van der Waals surface area contributed by atoms with Gasteiger partial charge < -0.3 is 4.90 Å². The Morgan fingerprint density at radius 1 is 1.25 bits per heavy atom. The summed E-state index contributed by atoms with van der Waals surface area (Å²) in [6.07, 6.45) is 0. The first-order chi connectivity index (χ1) is 9.72.